The molecule has 1 amide bonds. The van der Waals surface area contributed by atoms with Gasteiger partial charge < -0.3 is 10.1 Å². The zero-order chi connectivity index (χ0) is 11.7. The first-order valence-corrected chi connectivity index (χ1v) is 5.68. The van der Waals surface area contributed by atoms with Gasteiger partial charge in [-0.3, -0.25) is 5.32 Å². The van der Waals surface area contributed by atoms with Gasteiger partial charge in [0.2, 0.25) is 0 Å². The Kier molecular flexibility index (Phi) is 7.99. The summed E-state index contributed by atoms with van der Waals surface area (Å²) in [7, 11) is 0. The molecule has 0 aromatic heterocycles. The van der Waals surface area contributed by atoms with Gasteiger partial charge in [0.05, 0.1) is 6.61 Å². The average molecular weight is 232 g/mol. The Morgan fingerprint density at radius 3 is 2.67 bits per heavy atom. The van der Waals surface area contributed by atoms with Crippen molar-refractivity contribution in [2.45, 2.75) is 33.6 Å². The topological polar surface area (TPSA) is 50.4 Å². The van der Waals surface area contributed by atoms with Gasteiger partial charge in [-0.25, -0.2) is 4.79 Å². The predicted octanol–water partition coefficient (Wildman–Crippen LogP) is 2.04. The van der Waals surface area contributed by atoms with Gasteiger partial charge in [0.25, 0.3) is 0 Å². The van der Waals surface area contributed by atoms with Gasteiger partial charge in [-0.05, 0) is 24.6 Å². The lowest BCUT2D eigenvalue weighted by atomic mass is 10.2. The van der Waals surface area contributed by atoms with Crippen LogP contribution in [0.2, 0.25) is 0 Å². The Morgan fingerprint density at radius 1 is 1.47 bits per heavy atom. The number of nitrogens with one attached hydrogen (secondary N) is 2. The van der Waals surface area contributed by atoms with Crippen LogP contribution in [-0.2, 0) is 4.74 Å². The van der Waals surface area contributed by atoms with E-state index in [9.17, 15) is 4.79 Å². The van der Waals surface area contributed by atoms with Crippen molar-refractivity contribution < 1.29 is 9.53 Å². The number of ether oxygens (including phenoxy) is 1. The van der Waals surface area contributed by atoms with E-state index in [1.807, 2.05) is 13.8 Å². The van der Waals surface area contributed by atoms with Crippen LogP contribution in [0.1, 0.15) is 33.6 Å². The summed E-state index contributed by atoms with van der Waals surface area (Å²) >= 11 is 4.90. The van der Waals surface area contributed by atoms with Crippen molar-refractivity contribution >= 4 is 23.4 Å². The van der Waals surface area contributed by atoms with Crippen molar-refractivity contribution in [1.82, 2.24) is 10.6 Å². The van der Waals surface area contributed by atoms with Crippen molar-refractivity contribution in [2.24, 2.45) is 5.92 Å². The van der Waals surface area contributed by atoms with Crippen LogP contribution in [-0.4, -0.2) is 24.4 Å². The number of hydrogen-bond donors (Lipinski definition) is 2. The Morgan fingerprint density at radius 2 is 2.13 bits per heavy atom. The number of alkyl carbamates (subject to hydrolysis) is 1. The van der Waals surface area contributed by atoms with Crippen LogP contribution < -0.4 is 10.6 Å². The maximum atomic E-state index is 11.1. The second-order valence-electron chi connectivity index (χ2n) is 3.73. The van der Waals surface area contributed by atoms with E-state index in [-0.39, 0.29) is 0 Å². The Bertz CT molecular complexity index is 208. The van der Waals surface area contributed by atoms with Crippen LogP contribution in [0.5, 0.6) is 0 Å². The molecule has 15 heavy (non-hydrogen) atoms. The zero-order valence-corrected chi connectivity index (χ0v) is 10.4. The summed E-state index contributed by atoms with van der Waals surface area (Å²) < 4.78 is 4.90. The van der Waals surface area contributed by atoms with Gasteiger partial charge in [-0.1, -0.05) is 27.2 Å². The van der Waals surface area contributed by atoms with E-state index < -0.39 is 6.09 Å². The summed E-state index contributed by atoms with van der Waals surface area (Å²) in [4.78, 5) is 11.1. The quantitative estimate of drug-likeness (QED) is 0.562. The van der Waals surface area contributed by atoms with E-state index in [1.165, 1.54) is 0 Å². The molecule has 0 atom stereocenters. The molecule has 0 aliphatic heterocycles. The summed E-state index contributed by atoms with van der Waals surface area (Å²) in [6.07, 6.45) is 1.63. The lowest BCUT2D eigenvalue weighted by Crippen LogP contribution is -2.40. The molecule has 0 aromatic rings. The SMILES string of the molecule is CCCCNC(=S)NC(=O)OCC(C)C. The molecule has 0 aliphatic rings. The number of carbonyl (C=O) groups is 1. The first-order chi connectivity index (χ1) is 7.06. The van der Waals surface area contributed by atoms with E-state index in [4.69, 9.17) is 17.0 Å². The molecule has 0 saturated carbocycles. The molecule has 0 radical (unpaired) electrons. The minimum absolute atomic E-state index is 0.331. The van der Waals surface area contributed by atoms with Gasteiger partial charge >= 0.3 is 6.09 Å². The summed E-state index contributed by atoms with van der Waals surface area (Å²) in [6.45, 7) is 7.23. The van der Waals surface area contributed by atoms with Crippen LogP contribution in [0.25, 0.3) is 0 Å². The lowest BCUT2D eigenvalue weighted by molar-refractivity contribution is 0.138. The van der Waals surface area contributed by atoms with Gasteiger partial charge in [-0.15, -0.1) is 0 Å². The summed E-state index contributed by atoms with van der Waals surface area (Å²) in [5, 5.41) is 5.71. The molecule has 0 bridgehead atoms. The van der Waals surface area contributed by atoms with Crippen LogP contribution in [0.15, 0.2) is 0 Å². The molecule has 0 unspecified atom stereocenters. The van der Waals surface area contributed by atoms with Crippen LogP contribution in [0.3, 0.4) is 0 Å². The van der Waals surface area contributed by atoms with Crippen LogP contribution in [0.4, 0.5) is 4.79 Å². The predicted molar refractivity (Wildman–Crippen MR) is 64.8 cm³/mol. The highest BCUT2D eigenvalue weighted by molar-refractivity contribution is 7.80. The molecule has 4 nitrogen and oxygen atoms in total. The first kappa shape index (κ1) is 14.2. The number of carbonyl (C=O) groups excluding carboxylic acids is 1. The molecule has 0 fully saturated rings. The van der Waals surface area contributed by atoms with Crippen molar-refractivity contribution in [3.05, 3.63) is 0 Å². The van der Waals surface area contributed by atoms with E-state index in [0.717, 1.165) is 19.4 Å². The van der Waals surface area contributed by atoms with E-state index in [0.29, 0.717) is 17.6 Å². The molecule has 88 valence electrons. The van der Waals surface area contributed by atoms with E-state index in [1.54, 1.807) is 0 Å². The normalized spacial score (nSPS) is 9.87. The lowest BCUT2D eigenvalue weighted by Gasteiger charge is -2.10. The third-order valence-corrected chi connectivity index (χ3v) is 1.83. The molecule has 0 saturated heterocycles. The Hall–Kier alpha value is -0.840. The van der Waals surface area contributed by atoms with Crippen molar-refractivity contribution in [3.8, 4) is 0 Å². The minimum Gasteiger partial charge on any atom is -0.449 e. The molecule has 0 rings (SSSR count). The number of rotatable bonds is 5. The number of hydrogen-bond acceptors (Lipinski definition) is 3. The first-order valence-electron chi connectivity index (χ1n) is 5.27. The Labute approximate surface area is 96.8 Å². The fourth-order valence-corrected chi connectivity index (χ4v) is 0.979. The molecule has 5 heteroatoms. The molecule has 0 aliphatic carbocycles. The minimum atomic E-state index is -0.488. The highest BCUT2D eigenvalue weighted by atomic mass is 32.1. The highest BCUT2D eigenvalue weighted by Crippen LogP contribution is 1.92. The molecule has 0 spiro atoms. The summed E-state index contributed by atoms with van der Waals surface area (Å²) in [6, 6.07) is 0. The largest absolute Gasteiger partial charge is 0.449 e. The highest BCUT2D eigenvalue weighted by Gasteiger charge is 2.05. The van der Waals surface area contributed by atoms with Crippen molar-refractivity contribution in [3.63, 3.8) is 0 Å². The van der Waals surface area contributed by atoms with Crippen molar-refractivity contribution in [1.29, 1.82) is 0 Å². The Balaban J connectivity index is 3.53. The standard InChI is InChI=1S/C10H20N2O2S/c1-4-5-6-11-9(15)12-10(13)14-7-8(2)3/h8H,4-7H2,1-3H3,(H2,11,12,13,15). The third-order valence-electron chi connectivity index (χ3n) is 1.58. The molecule has 2 N–H and O–H groups in total. The second-order valence-corrected chi connectivity index (χ2v) is 4.14. The fraction of sp³-hybridized carbons (Fsp3) is 0.800. The van der Waals surface area contributed by atoms with Crippen molar-refractivity contribution in [2.75, 3.05) is 13.2 Å². The van der Waals surface area contributed by atoms with Crippen LogP contribution >= 0.6 is 12.2 Å². The van der Waals surface area contributed by atoms with E-state index >= 15 is 0 Å². The zero-order valence-electron chi connectivity index (χ0n) is 9.63. The summed E-state index contributed by atoms with van der Waals surface area (Å²) in [5.74, 6) is 0.331. The number of amides is 1. The van der Waals surface area contributed by atoms with Gasteiger partial charge in [0.1, 0.15) is 0 Å². The van der Waals surface area contributed by atoms with E-state index in [2.05, 4.69) is 17.6 Å². The second kappa shape index (κ2) is 8.47. The molecular weight excluding hydrogens is 212 g/mol. The molecular formula is C10H20N2O2S. The third kappa shape index (κ3) is 9.46. The van der Waals surface area contributed by atoms with Gasteiger partial charge in [0, 0.05) is 6.54 Å². The van der Waals surface area contributed by atoms with Crippen LogP contribution in [0, 0.1) is 5.92 Å². The number of thiocarbonyl (C=S) groups is 1. The fourth-order valence-electron chi connectivity index (χ4n) is 0.794. The summed E-state index contributed by atoms with van der Waals surface area (Å²) in [5.41, 5.74) is 0. The maximum absolute atomic E-state index is 11.1. The van der Waals surface area contributed by atoms with Gasteiger partial charge in [0.15, 0.2) is 5.11 Å². The number of unbranched alkanes of at least 4 members (excludes halogenated alkanes) is 1. The van der Waals surface area contributed by atoms with Gasteiger partial charge in [-0.2, -0.15) is 0 Å². The smallest absolute Gasteiger partial charge is 0.413 e. The molecule has 0 heterocycles. The monoisotopic (exact) mass is 232 g/mol. The maximum Gasteiger partial charge on any atom is 0.413 e. The average Bonchev–Trinajstić information content (AvgIpc) is 2.15. The molecule has 0 aromatic carbocycles.